The van der Waals surface area contributed by atoms with E-state index in [1.54, 1.807) is 0 Å². The third-order valence-electron chi connectivity index (χ3n) is 1.72. The van der Waals surface area contributed by atoms with Crippen LogP contribution in [-0.2, 0) is 0 Å². The number of nitrogens with two attached hydrogens (primary N) is 1. The van der Waals surface area contributed by atoms with E-state index >= 15 is 0 Å². The van der Waals surface area contributed by atoms with Crippen LogP contribution >= 0.6 is 11.8 Å². The Morgan fingerprint density at radius 3 is 2.81 bits per heavy atom. The fraction of sp³-hybridized carbons (Fsp3) is 0. The first-order chi connectivity index (χ1) is 7.75. The van der Waals surface area contributed by atoms with E-state index in [1.807, 2.05) is 30.3 Å². The summed E-state index contributed by atoms with van der Waals surface area (Å²) in [6, 6.07) is 9.65. The molecule has 0 saturated carbocycles. The van der Waals surface area contributed by atoms with Gasteiger partial charge in [-0.25, -0.2) is 9.78 Å². The Morgan fingerprint density at radius 2 is 2.12 bits per heavy atom. The van der Waals surface area contributed by atoms with Crippen molar-refractivity contribution in [1.29, 1.82) is 0 Å². The Morgan fingerprint density at radius 1 is 1.38 bits per heavy atom. The minimum atomic E-state index is -0.868. The first-order valence-corrected chi connectivity index (χ1v) is 5.31. The number of benzene rings is 1. The first kappa shape index (κ1) is 10.6. The van der Waals surface area contributed by atoms with Crippen molar-refractivity contribution in [3.63, 3.8) is 0 Å². The van der Waals surface area contributed by atoms with Crippen LogP contribution in [0.4, 0.5) is 4.79 Å². The van der Waals surface area contributed by atoms with Gasteiger partial charge in [-0.2, -0.15) is 4.73 Å². The lowest BCUT2D eigenvalue weighted by atomic mass is 10.4. The van der Waals surface area contributed by atoms with Gasteiger partial charge in [-0.05, 0) is 23.9 Å². The molecule has 2 aromatic rings. The van der Waals surface area contributed by atoms with Gasteiger partial charge in [0.15, 0.2) is 0 Å². The highest BCUT2D eigenvalue weighted by atomic mass is 32.2. The van der Waals surface area contributed by atoms with Crippen LogP contribution in [0, 0.1) is 0 Å². The standard InChI is InChI=1S/C10H9N3O2S/c11-9(14)15-13-7-6-12-10(13)16-8-4-2-1-3-5-8/h1-7H,(H2,11,14). The summed E-state index contributed by atoms with van der Waals surface area (Å²) in [5.41, 5.74) is 4.93. The molecule has 5 nitrogen and oxygen atoms in total. The zero-order valence-electron chi connectivity index (χ0n) is 8.24. The second kappa shape index (κ2) is 4.71. The van der Waals surface area contributed by atoms with E-state index in [2.05, 4.69) is 4.98 Å². The maximum Gasteiger partial charge on any atom is 0.429 e. The summed E-state index contributed by atoms with van der Waals surface area (Å²) in [6.07, 6.45) is 2.19. The van der Waals surface area contributed by atoms with E-state index in [-0.39, 0.29) is 0 Å². The molecule has 1 heterocycles. The van der Waals surface area contributed by atoms with Crippen LogP contribution in [0.1, 0.15) is 0 Å². The summed E-state index contributed by atoms with van der Waals surface area (Å²) in [4.78, 5) is 20.4. The largest absolute Gasteiger partial charge is 0.429 e. The van der Waals surface area contributed by atoms with Gasteiger partial charge in [-0.3, -0.25) is 0 Å². The van der Waals surface area contributed by atoms with Crippen LogP contribution in [0.5, 0.6) is 0 Å². The van der Waals surface area contributed by atoms with Gasteiger partial charge in [-0.1, -0.05) is 18.2 Å². The van der Waals surface area contributed by atoms with Crippen LogP contribution in [-0.4, -0.2) is 15.8 Å². The molecule has 0 atom stereocenters. The number of nitrogens with zero attached hydrogens (tertiary/aromatic N) is 2. The zero-order chi connectivity index (χ0) is 11.4. The molecule has 0 bridgehead atoms. The molecule has 1 aromatic carbocycles. The first-order valence-electron chi connectivity index (χ1n) is 4.50. The maximum atomic E-state index is 10.6. The van der Waals surface area contributed by atoms with Gasteiger partial charge in [0.2, 0.25) is 5.16 Å². The molecule has 0 radical (unpaired) electrons. The molecular formula is C10H9N3O2S. The monoisotopic (exact) mass is 235 g/mol. The van der Waals surface area contributed by atoms with Crippen LogP contribution < -0.4 is 10.6 Å². The van der Waals surface area contributed by atoms with E-state index in [0.29, 0.717) is 5.16 Å². The molecule has 0 fully saturated rings. The summed E-state index contributed by atoms with van der Waals surface area (Å²) < 4.78 is 1.24. The molecule has 1 aromatic heterocycles. The number of hydrogen-bond donors (Lipinski definition) is 1. The molecule has 1 amide bonds. The highest BCUT2D eigenvalue weighted by Gasteiger charge is 2.07. The Labute approximate surface area is 96.2 Å². The summed E-state index contributed by atoms with van der Waals surface area (Å²) >= 11 is 1.38. The highest BCUT2D eigenvalue weighted by Crippen LogP contribution is 2.24. The minimum absolute atomic E-state index is 0.546. The van der Waals surface area contributed by atoms with Gasteiger partial charge in [0.25, 0.3) is 0 Å². The number of amides is 1. The number of aromatic nitrogens is 2. The average Bonchev–Trinajstić information content (AvgIpc) is 2.66. The van der Waals surface area contributed by atoms with Crippen molar-refractivity contribution in [2.75, 3.05) is 0 Å². The fourth-order valence-electron chi connectivity index (χ4n) is 1.11. The maximum absolute atomic E-state index is 10.6. The van der Waals surface area contributed by atoms with Gasteiger partial charge in [0, 0.05) is 11.1 Å². The Hall–Kier alpha value is -1.95. The molecule has 2 rings (SSSR count). The van der Waals surface area contributed by atoms with E-state index in [0.717, 1.165) is 4.90 Å². The molecular weight excluding hydrogens is 226 g/mol. The topological polar surface area (TPSA) is 70.1 Å². The normalized spacial score (nSPS) is 10.0. The number of imidazole rings is 1. The van der Waals surface area contributed by atoms with Crippen molar-refractivity contribution in [2.24, 2.45) is 5.73 Å². The Bertz CT molecular complexity index is 484. The predicted molar refractivity (Wildman–Crippen MR) is 59.0 cm³/mol. The molecule has 82 valence electrons. The van der Waals surface area contributed by atoms with Gasteiger partial charge >= 0.3 is 6.09 Å². The third-order valence-corrected chi connectivity index (χ3v) is 2.69. The van der Waals surface area contributed by atoms with Crippen molar-refractivity contribution in [1.82, 2.24) is 9.71 Å². The van der Waals surface area contributed by atoms with Gasteiger partial charge in [-0.15, -0.1) is 0 Å². The Kier molecular flexibility index (Phi) is 3.11. The van der Waals surface area contributed by atoms with Crippen LogP contribution in [0.3, 0.4) is 0 Å². The summed E-state index contributed by atoms with van der Waals surface area (Å²) in [7, 11) is 0. The fourth-order valence-corrected chi connectivity index (χ4v) is 1.92. The zero-order valence-corrected chi connectivity index (χ0v) is 9.05. The molecule has 6 heteroatoms. The van der Waals surface area contributed by atoms with Gasteiger partial charge in [0.05, 0.1) is 6.20 Å². The molecule has 0 aliphatic rings. The van der Waals surface area contributed by atoms with Crippen LogP contribution in [0.2, 0.25) is 0 Å². The van der Waals surface area contributed by atoms with Gasteiger partial charge in [0.1, 0.15) is 0 Å². The van der Waals surface area contributed by atoms with E-state index < -0.39 is 6.09 Å². The summed E-state index contributed by atoms with van der Waals surface area (Å²) in [6.45, 7) is 0. The van der Waals surface area contributed by atoms with Crippen molar-refractivity contribution in [3.05, 3.63) is 42.7 Å². The predicted octanol–water partition coefficient (Wildman–Crippen LogP) is 1.54. The van der Waals surface area contributed by atoms with E-state index in [9.17, 15) is 4.79 Å². The van der Waals surface area contributed by atoms with E-state index in [4.69, 9.17) is 10.6 Å². The second-order valence-corrected chi connectivity index (χ2v) is 3.90. The average molecular weight is 235 g/mol. The lowest BCUT2D eigenvalue weighted by Gasteiger charge is -2.04. The van der Waals surface area contributed by atoms with Gasteiger partial charge < -0.3 is 10.6 Å². The Balaban J connectivity index is 2.16. The molecule has 0 aliphatic carbocycles. The van der Waals surface area contributed by atoms with Crippen molar-refractivity contribution < 1.29 is 9.63 Å². The molecule has 0 spiro atoms. The quantitative estimate of drug-likeness (QED) is 0.876. The number of primary amides is 1. The molecule has 0 unspecified atom stereocenters. The number of carbonyl (C=O) groups is 1. The lowest BCUT2D eigenvalue weighted by molar-refractivity contribution is 0.131. The summed E-state index contributed by atoms with van der Waals surface area (Å²) in [5.74, 6) is 0. The van der Waals surface area contributed by atoms with Crippen molar-refractivity contribution in [3.8, 4) is 0 Å². The van der Waals surface area contributed by atoms with Crippen LogP contribution in [0.25, 0.3) is 0 Å². The minimum Gasteiger partial charge on any atom is -0.333 e. The smallest absolute Gasteiger partial charge is 0.333 e. The number of hydrogen-bond acceptors (Lipinski definition) is 4. The molecule has 16 heavy (non-hydrogen) atoms. The van der Waals surface area contributed by atoms with Crippen molar-refractivity contribution in [2.45, 2.75) is 10.1 Å². The SMILES string of the molecule is NC(=O)On1ccnc1Sc1ccccc1. The second-order valence-electron chi connectivity index (χ2n) is 2.86. The molecule has 0 aliphatic heterocycles. The summed E-state index contributed by atoms with van der Waals surface area (Å²) in [5, 5.41) is 0.546. The van der Waals surface area contributed by atoms with E-state index in [1.165, 1.54) is 28.9 Å². The lowest BCUT2D eigenvalue weighted by Crippen LogP contribution is -2.25. The number of carbonyl (C=O) groups excluding carboxylic acids is 1. The third kappa shape index (κ3) is 2.54. The highest BCUT2D eigenvalue weighted by molar-refractivity contribution is 7.99. The molecule has 2 N–H and O–H groups in total. The van der Waals surface area contributed by atoms with Crippen molar-refractivity contribution >= 4 is 17.9 Å². The molecule has 0 saturated heterocycles. The van der Waals surface area contributed by atoms with Crippen LogP contribution in [0.15, 0.2) is 52.8 Å². The number of rotatable bonds is 3.